The van der Waals surface area contributed by atoms with Gasteiger partial charge in [0.1, 0.15) is 0 Å². The van der Waals surface area contributed by atoms with Crippen molar-refractivity contribution in [2.24, 2.45) is 0 Å². The third-order valence-electron chi connectivity index (χ3n) is 3.08. The molecule has 0 saturated carbocycles. The number of amides is 1. The Morgan fingerprint density at radius 1 is 1.61 bits per heavy atom. The van der Waals surface area contributed by atoms with Crippen molar-refractivity contribution in [2.75, 3.05) is 25.4 Å². The molecule has 1 saturated heterocycles. The Kier molecular flexibility index (Phi) is 3.81. The van der Waals surface area contributed by atoms with Crippen molar-refractivity contribution in [3.05, 3.63) is 23.5 Å². The first kappa shape index (κ1) is 12.8. The van der Waals surface area contributed by atoms with Crippen LogP contribution >= 0.6 is 0 Å². The molecule has 2 N–H and O–H groups in total. The highest BCUT2D eigenvalue weighted by molar-refractivity contribution is 5.96. The van der Waals surface area contributed by atoms with Gasteiger partial charge in [-0.25, -0.2) is 0 Å². The smallest absolute Gasteiger partial charge is 0.255 e. The second-order valence-corrected chi connectivity index (χ2v) is 4.69. The second kappa shape index (κ2) is 5.35. The zero-order valence-corrected chi connectivity index (χ0v) is 10.8. The fourth-order valence-electron chi connectivity index (χ4n) is 2.11. The van der Waals surface area contributed by atoms with Gasteiger partial charge in [-0.3, -0.25) is 9.78 Å². The predicted molar refractivity (Wildman–Crippen MR) is 69.3 cm³/mol. The lowest BCUT2D eigenvalue weighted by molar-refractivity contribution is 0.0562. The van der Waals surface area contributed by atoms with Crippen molar-refractivity contribution in [1.82, 2.24) is 9.88 Å². The number of aryl methyl sites for hydroxylation is 1. The zero-order valence-electron chi connectivity index (χ0n) is 10.8. The third-order valence-corrected chi connectivity index (χ3v) is 3.08. The van der Waals surface area contributed by atoms with Crippen LogP contribution in [-0.4, -0.2) is 41.6 Å². The van der Waals surface area contributed by atoms with Gasteiger partial charge in [-0.2, -0.15) is 0 Å². The molecular formula is C13H19N3O2. The van der Waals surface area contributed by atoms with E-state index in [1.165, 1.54) is 0 Å². The van der Waals surface area contributed by atoms with Gasteiger partial charge in [0.15, 0.2) is 0 Å². The van der Waals surface area contributed by atoms with Crippen LogP contribution in [0.3, 0.4) is 0 Å². The normalized spacial score (nSPS) is 20.6. The molecule has 98 valence electrons. The van der Waals surface area contributed by atoms with Crippen LogP contribution in [-0.2, 0) is 4.74 Å². The average Bonchev–Trinajstić information content (AvgIpc) is 2.56. The van der Waals surface area contributed by atoms with E-state index in [9.17, 15) is 4.79 Å². The Hall–Kier alpha value is -1.62. The highest BCUT2D eigenvalue weighted by atomic mass is 16.5. The Labute approximate surface area is 107 Å². The van der Waals surface area contributed by atoms with Crippen molar-refractivity contribution in [1.29, 1.82) is 0 Å². The van der Waals surface area contributed by atoms with Crippen molar-refractivity contribution in [2.45, 2.75) is 26.4 Å². The molecule has 2 heterocycles. The number of carbonyl (C=O) groups excluding carboxylic acids is 1. The number of rotatable bonds is 1. The SMILES string of the molecule is Cc1ncc(N)cc1C(=O)N1CCCOC(C)C1. The molecule has 1 aliphatic rings. The molecule has 2 rings (SSSR count). The molecular weight excluding hydrogens is 230 g/mol. The number of carbonyl (C=O) groups is 1. The number of hydrogen-bond acceptors (Lipinski definition) is 4. The molecule has 1 aliphatic heterocycles. The van der Waals surface area contributed by atoms with E-state index in [1.807, 2.05) is 18.7 Å². The monoisotopic (exact) mass is 249 g/mol. The largest absolute Gasteiger partial charge is 0.397 e. The number of pyridine rings is 1. The third kappa shape index (κ3) is 2.79. The second-order valence-electron chi connectivity index (χ2n) is 4.69. The molecule has 0 spiro atoms. The molecule has 0 bridgehead atoms. The molecule has 5 heteroatoms. The van der Waals surface area contributed by atoms with E-state index in [2.05, 4.69) is 4.98 Å². The molecule has 1 amide bonds. The number of aromatic nitrogens is 1. The molecule has 1 atom stereocenters. The molecule has 18 heavy (non-hydrogen) atoms. The maximum atomic E-state index is 12.4. The topological polar surface area (TPSA) is 68.5 Å². The maximum absolute atomic E-state index is 12.4. The van der Waals surface area contributed by atoms with Gasteiger partial charge >= 0.3 is 0 Å². The van der Waals surface area contributed by atoms with Crippen LogP contribution in [0.2, 0.25) is 0 Å². The van der Waals surface area contributed by atoms with Gasteiger partial charge in [-0.1, -0.05) is 0 Å². The van der Waals surface area contributed by atoms with E-state index in [0.717, 1.165) is 13.0 Å². The van der Waals surface area contributed by atoms with E-state index >= 15 is 0 Å². The minimum absolute atomic E-state index is 0.00958. The number of anilines is 1. The minimum atomic E-state index is -0.00958. The Bertz CT molecular complexity index is 448. The lowest BCUT2D eigenvalue weighted by Crippen LogP contribution is -2.36. The fraction of sp³-hybridized carbons (Fsp3) is 0.538. The first-order chi connectivity index (χ1) is 8.58. The van der Waals surface area contributed by atoms with Gasteiger partial charge in [-0.05, 0) is 26.3 Å². The van der Waals surface area contributed by atoms with Crippen LogP contribution < -0.4 is 5.73 Å². The summed E-state index contributed by atoms with van der Waals surface area (Å²) in [5, 5.41) is 0. The average molecular weight is 249 g/mol. The minimum Gasteiger partial charge on any atom is -0.397 e. The van der Waals surface area contributed by atoms with E-state index in [1.54, 1.807) is 12.3 Å². The van der Waals surface area contributed by atoms with Gasteiger partial charge in [0.2, 0.25) is 0 Å². The number of nitrogens with two attached hydrogens (primary N) is 1. The summed E-state index contributed by atoms with van der Waals surface area (Å²) in [6.45, 7) is 5.85. The summed E-state index contributed by atoms with van der Waals surface area (Å²) in [5.41, 5.74) is 7.51. The van der Waals surface area contributed by atoms with Gasteiger partial charge < -0.3 is 15.4 Å². The fourth-order valence-corrected chi connectivity index (χ4v) is 2.11. The van der Waals surface area contributed by atoms with Crippen LogP contribution in [0.4, 0.5) is 5.69 Å². The van der Waals surface area contributed by atoms with Gasteiger partial charge in [-0.15, -0.1) is 0 Å². The summed E-state index contributed by atoms with van der Waals surface area (Å²) in [6.07, 6.45) is 2.51. The molecule has 1 fully saturated rings. The van der Waals surface area contributed by atoms with Crippen LogP contribution in [0.25, 0.3) is 0 Å². The van der Waals surface area contributed by atoms with E-state index in [-0.39, 0.29) is 12.0 Å². The molecule has 0 aromatic carbocycles. The molecule has 0 aliphatic carbocycles. The van der Waals surface area contributed by atoms with Crippen LogP contribution in [0, 0.1) is 6.92 Å². The highest BCUT2D eigenvalue weighted by Crippen LogP contribution is 2.15. The molecule has 1 aromatic heterocycles. The lowest BCUT2D eigenvalue weighted by Gasteiger charge is -2.22. The Morgan fingerprint density at radius 3 is 3.17 bits per heavy atom. The Balaban J connectivity index is 2.21. The van der Waals surface area contributed by atoms with Crippen LogP contribution in [0.5, 0.6) is 0 Å². The van der Waals surface area contributed by atoms with Crippen molar-refractivity contribution in [3.63, 3.8) is 0 Å². The number of hydrogen-bond donors (Lipinski definition) is 1. The van der Waals surface area contributed by atoms with Gasteiger partial charge in [0, 0.05) is 19.7 Å². The maximum Gasteiger partial charge on any atom is 0.255 e. The van der Waals surface area contributed by atoms with Crippen molar-refractivity contribution >= 4 is 11.6 Å². The quantitative estimate of drug-likeness (QED) is 0.812. The number of nitrogens with zero attached hydrogens (tertiary/aromatic N) is 2. The van der Waals surface area contributed by atoms with Crippen molar-refractivity contribution < 1.29 is 9.53 Å². The number of ether oxygens (including phenoxy) is 1. The summed E-state index contributed by atoms with van der Waals surface area (Å²) < 4.78 is 5.54. The summed E-state index contributed by atoms with van der Waals surface area (Å²) in [7, 11) is 0. The standard InChI is InChI=1S/C13H19N3O2/c1-9-8-16(4-3-5-18-9)13(17)12-6-11(14)7-15-10(12)2/h6-7,9H,3-5,8,14H2,1-2H3. The van der Waals surface area contributed by atoms with E-state index in [0.29, 0.717) is 30.1 Å². The number of nitrogen functional groups attached to an aromatic ring is 1. The van der Waals surface area contributed by atoms with E-state index < -0.39 is 0 Å². The van der Waals surface area contributed by atoms with Crippen molar-refractivity contribution in [3.8, 4) is 0 Å². The summed E-state index contributed by atoms with van der Waals surface area (Å²) in [4.78, 5) is 18.4. The predicted octanol–water partition coefficient (Wildman–Crippen LogP) is 1.22. The summed E-state index contributed by atoms with van der Waals surface area (Å²) in [5.74, 6) is -0.00958. The van der Waals surface area contributed by atoms with E-state index in [4.69, 9.17) is 10.5 Å². The first-order valence-electron chi connectivity index (χ1n) is 6.21. The Morgan fingerprint density at radius 2 is 2.39 bits per heavy atom. The summed E-state index contributed by atoms with van der Waals surface area (Å²) >= 11 is 0. The molecule has 1 unspecified atom stereocenters. The van der Waals surface area contributed by atoms with Crippen LogP contribution in [0.15, 0.2) is 12.3 Å². The molecule has 0 radical (unpaired) electrons. The van der Waals surface area contributed by atoms with Gasteiger partial charge in [0.25, 0.3) is 5.91 Å². The summed E-state index contributed by atoms with van der Waals surface area (Å²) in [6, 6.07) is 1.70. The van der Waals surface area contributed by atoms with Crippen LogP contribution in [0.1, 0.15) is 29.4 Å². The zero-order chi connectivity index (χ0) is 13.1. The lowest BCUT2D eigenvalue weighted by atomic mass is 10.1. The highest BCUT2D eigenvalue weighted by Gasteiger charge is 2.22. The molecule has 1 aromatic rings. The first-order valence-corrected chi connectivity index (χ1v) is 6.21. The van der Waals surface area contributed by atoms with Gasteiger partial charge in [0.05, 0.1) is 29.2 Å². The molecule has 5 nitrogen and oxygen atoms in total.